The molecular weight excluding hydrogens is 1010 g/mol. The Kier molecular flexibility index (Phi) is 69.1. The van der Waals surface area contributed by atoms with Gasteiger partial charge in [-0.25, -0.2) is 0 Å². The highest BCUT2D eigenvalue weighted by Gasteiger charge is 2.19. The molecule has 1 unspecified atom stereocenters. The summed E-state index contributed by atoms with van der Waals surface area (Å²) in [6.45, 7) is 6.70. The normalized spacial score (nSPS) is 12.2. The average Bonchev–Trinajstić information content (AvgIpc) is 3.47. The van der Waals surface area contributed by atoms with E-state index in [0.717, 1.165) is 70.6 Å². The van der Waals surface area contributed by atoms with Gasteiger partial charge in [-0.3, -0.25) is 14.4 Å². The molecule has 82 heavy (non-hydrogen) atoms. The highest BCUT2D eigenvalue weighted by molar-refractivity contribution is 5.71. The quantitative estimate of drug-likeness (QED) is 0.0261. The summed E-state index contributed by atoms with van der Waals surface area (Å²) in [6, 6.07) is 0. The fourth-order valence-electron chi connectivity index (χ4n) is 11.3. The number of rotatable bonds is 69. The number of unbranched alkanes of at least 4 members (excludes halogenated alkanes) is 52. The fourth-order valence-corrected chi connectivity index (χ4v) is 11.3. The van der Waals surface area contributed by atoms with E-state index >= 15 is 0 Å². The molecule has 0 aliphatic carbocycles. The summed E-state index contributed by atoms with van der Waals surface area (Å²) >= 11 is 0. The Bertz CT molecular complexity index is 1370. The maximum Gasteiger partial charge on any atom is 0.306 e. The first-order chi connectivity index (χ1) is 40.5. The second kappa shape index (κ2) is 71.1. The third kappa shape index (κ3) is 68.4. The van der Waals surface area contributed by atoms with E-state index in [-0.39, 0.29) is 31.1 Å². The lowest BCUT2D eigenvalue weighted by Gasteiger charge is -2.18. The molecule has 0 heterocycles. The summed E-state index contributed by atoms with van der Waals surface area (Å²) in [5, 5.41) is 0. The third-order valence-corrected chi connectivity index (χ3v) is 16.9. The standard InChI is InChI=1S/C76H142O6/c1-4-7-10-13-16-19-22-25-28-31-33-35-37-38-40-41-43-45-48-51-54-57-60-63-66-69-75(78)81-72-73(71-80-74(77)68-65-62-59-56-53-50-47-30-27-24-21-18-15-12-9-6-3)82-76(79)70-67-64-61-58-55-52-49-46-44-42-39-36-34-32-29-26-23-20-17-14-11-8-5-2/h23,26,30,32,34,47,73H,4-22,24-25,27-29,31,33,35-46,48-72H2,1-3H3/b26-23-,34-32-,47-30-. The van der Waals surface area contributed by atoms with E-state index in [1.54, 1.807) is 0 Å². The van der Waals surface area contributed by atoms with Crippen LogP contribution in [0.25, 0.3) is 0 Å². The van der Waals surface area contributed by atoms with Crippen LogP contribution in [-0.4, -0.2) is 37.2 Å². The van der Waals surface area contributed by atoms with Crippen LogP contribution < -0.4 is 0 Å². The Hall–Kier alpha value is -2.37. The molecule has 0 amide bonds. The molecule has 0 bridgehead atoms. The monoisotopic (exact) mass is 1150 g/mol. The maximum absolute atomic E-state index is 13.0. The Morgan fingerprint density at radius 1 is 0.244 bits per heavy atom. The van der Waals surface area contributed by atoms with Gasteiger partial charge in [-0.2, -0.15) is 0 Å². The van der Waals surface area contributed by atoms with Crippen LogP contribution in [-0.2, 0) is 28.6 Å². The first-order valence-corrected chi connectivity index (χ1v) is 37.0. The van der Waals surface area contributed by atoms with Crippen LogP contribution >= 0.6 is 0 Å². The van der Waals surface area contributed by atoms with E-state index in [4.69, 9.17) is 14.2 Å². The minimum Gasteiger partial charge on any atom is -0.462 e. The van der Waals surface area contributed by atoms with Crippen molar-refractivity contribution in [1.29, 1.82) is 0 Å². The lowest BCUT2D eigenvalue weighted by Crippen LogP contribution is -2.30. The SMILES string of the molecule is CCCCCCC/C=C\C/C=C\CCCCCCCCCCCCCC(=O)OC(COC(=O)CCCCCCC/C=C\CCCCCCCCC)COC(=O)CCCCCCCCCCCCCCCCCCCCCCCCCCC. The van der Waals surface area contributed by atoms with Gasteiger partial charge in [0, 0.05) is 19.3 Å². The van der Waals surface area contributed by atoms with Crippen molar-refractivity contribution >= 4 is 17.9 Å². The zero-order valence-electron chi connectivity index (χ0n) is 55.5. The van der Waals surface area contributed by atoms with Gasteiger partial charge in [-0.05, 0) is 77.0 Å². The van der Waals surface area contributed by atoms with Gasteiger partial charge in [-0.1, -0.05) is 353 Å². The van der Waals surface area contributed by atoms with E-state index in [1.165, 1.54) is 302 Å². The number of ether oxygens (including phenoxy) is 3. The van der Waals surface area contributed by atoms with Crippen LogP contribution in [0.1, 0.15) is 412 Å². The summed E-state index contributed by atoms with van der Waals surface area (Å²) in [6.07, 6.45) is 88.9. The van der Waals surface area contributed by atoms with Crippen molar-refractivity contribution in [2.45, 2.75) is 419 Å². The zero-order chi connectivity index (χ0) is 59.2. The van der Waals surface area contributed by atoms with Crippen molar-refractivity contribution in [3.63, 3.8) is 0 Å². The molecule has 0 aromatic heterocycles. The molecule has 0 saturated heterocycles. The molecule has 0 fully saturated rings. The molecule has 0 aromatic rings. The van der Waals surface area contributed by atoms with E-state index in [0.29, 0.717) is 19.3 Å². The van der Waals surface area contributed by atoms with Crippen molar-refractivity contribution in [2.24, 2.45) is 0 Å². The topological polar surface area (TPSA) is 78.9 Å². The largest absolute Gasteiger partial charge is 0.462 e. The van der Waals surface area contributed by atoms with Gasteiger partial charge in [0.15, 0.2) is 6.10 Å². The molecule has 0 saturated carbocycles. The van der Waals surface area contributed by atoms with Gasteiger partial charge in [0.25, 0.3) is 0 Å². The minimum atomic E-state index is -0.776. The number of carbonyl (C=O) groups is 3. The molecule has 0 radical (unpaired) electrons. The first kappa shape index (κ1) is 79.6. The smallest absolute Gasteiger partial charge is 0.306 e. The van der Waals surface area contributed by atoms with Gasteiger partial charge in [0.2, 0.25) is 0 Å². The molecule has 482 valence electrons. The molecule has 0 N–H and O–H groups in total. The number of allylic oxidation sites excluding steroid dienone is 6. The van der Waals surface area contributed by atoms with Crippen molar-refractivity contribution in [3.8, 4) is 0 Å². The van der Waals surface area contributed by atoms with E-state index in [1.807, 2.05) is 0 Å². The predicted octanol–water partition coefficient (Wildman–Crippen LogP) is 25.5. The molecule has 6 heteroatoms. The summed E-state index contributed by atoms with van der Waals surface area (Å²) < 4.78 is 17.0. The minimum absolute atomic E-state index is 0.0704. The molecule has 1 atom stereocenters. The third-order valence-electron chi connectivity index (χ3n) is 16.9. The molecule has 0 aliphatic heterocycles. The van der Waals surface area contributed by atoms with Crippen LogP contribution in [0.5, 0.6) is 0 Å². The van der Waals surface area contributed by atoms with E-state index in [2.05, 4.69) is 57.2 Å². The van der Waals surface area contributed by atoms with Gasteiger partial charge in [0.1, 0.15) is 13.2 Å². The molecule has 6 nitrogen and oxygen atoms in total. The summed E-state index contributed by atoms with van der Waals surface area (Å²) in [5.41, 5.74) is 0. The van der Waals surface area contributed by atoms with Crippen LogP contribution in [0.15, 0.2) is 36.5 Å². The lowest BCUT2D eigenvalue weighted by molar-refractivity contribution is -0.167. The van der Waals surface area contributed by atoms with E-state index < -0.39 is 6.10 Å². The average molecular weight is 1150 g/mol. The fraction of sp³-hybridized carbons (Fsp3) is 0.882. The van der Waals surface area contributed by atoms with Crippen molar-refractivity contribution < 1.29 is 28.6 Å². The van der Waals surface area contributed by atoms with Crippen molar-refractivity contribution in [1.82, 2.24) is 0 Å². The maximum atomic E-state index is 13.0. The van der Waals surface area contributed by atoms with Gasteiger partial charge >= 0.3 is 17.9 Å². The Labute approximate surface area is 512 Å². The Balaban J connectivity index is 4.28. The highest BCUT2D eigenvalue weighted by Crippen LogP contribution is 2.19. The van der Waals surface area contributed by atoms with Crippen molar-refractivity contribution in [3.05, 3.63) is 36.5 Å². The number of hydrogen-bond acceptors (Lipinski definition) is 6. The van der Waals surface area contributed by atoms with Crippen LogP contribution in [0.3, 0.4) is 0 Å². The lowest BCUT2D eigenvalue weighted by atomic mass is 10.0. The highest BCUT2D eigenvalue weighted by atomic mass is 16.6. The summed E-state index contributed by atoms with van der Waals surface area (Å²) in [7, 11) is 0. The summed E-state index contributed by atoms with van der Waals surface area (Å²) in [4.78, 5) is 38.5. The second-order valence-electron chi connectivity index (χ2n) is 25.2. The van der Waals surface area contributed by atoms with Crippen LogP contribution in [0, 0.1) is 0 Å². The van der Waals surface area contributed by atoms with Gasteiger partial charge in [-0.15, -0.1) is 0 Å². The number of esters is 3. The van der Waals surface area contributed by atoms with Crippen LogP contribution in [0.2, 0.25) is 0 Å². The zero-order valence-corrected chi connectivity index (χ0v) is 55.5. The first-order valence-electron chi connectivity index (χ1n) is 37.0. The number of carbonyl (C=O) groups excluding carboxylic acids is 3. The second-order valence-corrected chi connectivity index (χ2v) is 25.2. The molecule has 0 spiro atoms. The molecule has 0 aliphatic rings. The van der Waals surface area contributed by atoms with E-state index in [9.17, 15) is 14.4 Å². The van der Waals surface area contributed by atoms with Crippen molar-refractivity contribution in [2.75, 3.05) is 13.2 Å². The van der Waals surface area contributed by atoms with Gasteiger partial charge < -0.3 is 14.2 Å². The molecule has 0 rings (SSSR count). The predicted molar refractivity (Wildman–Crippen MR) is 358 cm³/mol. The number of hydrogen-bond donors (Lipinski definition) is 0. The Morgan fingerprint density at radius 2 is 0.439 bits per heavy atom. The molecule has 0 aromatic carbocycles. The van der Waals surface area contributed by atoms with Gasteiger partial charge in [0.05, 0.1) is 0 Å². The summed E-state index contributed by atoms with van der Waals surface area (Å²) in [5.74, 6) is -0.849. The Morgan fingerprint density at radius 3 is 0.683 bits per heavy atom. The molecular formula is C76H142O6. The van der Waals surface area contributed by atoms with Crippen LogP contribution in [0.4, 0.5) is 0 Å².